The van der Waals surface area contributed by atoms with Gasteiger partial charge in [-0.25, -0.2) is 0 Å². The van der Waals surface area contributed by atoms with Crippen LogP contribution in [0.3, 0.4) is 0 Å². The summed E-state index contributed by atoms with van der Waals surface area (Å²) in [6.07, 6.45) is 0.853. The summed E-state index contributed by atoms with van der Waals surface area (Å²) in [5.74, 6) is -0.0493. The fourth-order valence-electron chi connectivity index (χ4n) is 2.12. The molecule has 0 aliphatic heterocycles. The molecule has 1 N–H and O–H groups in total. The minimum Gasteiger partial charge on any atom is -0.374 e. The molecule has 5 heteroatoms. The lowest BCUT2D eigenvalue weighted by Crippen LogP contribution is -2.26. The number of hydrogen-bond donors (Lipinski definition) is 1. The maximum atomic E-state index is 12.2. The van der Waals surface area contributed by atoms with E-state index < -0.39 is 0 Å². The molecule has 2 aromatic carbocycles. The third kappa shape index (κ3) is 5.90. The average molecular weight is 488 g/mol. The van der Waals surface area contributed by atoms with Crippen LogP contribution in [-0.2, 0) is 4.74 Å². The maximum absolute atomic E-state index is 12.2. The summed E-state index contributed by atoms with van der Waals surface area (Å²) < 4.78 is 7.65. The van der Waals surface area contributed by atoms with Crippen LogP contribution in [0.4, 0.5) is 0 Å². The Balaban J connectivity index is 1.71. The zero-order chi connectivity index (χ0) is 16.7. The first-order chi connectivity index (χ1) is 11.1. The van der Waals surface area contributed by atoms with Crippen LogP contribution in [0.1, 0.15) is 35.4 Å². The monoisotopic (exact) mass is 487 g/mol. The number of nitrogens with one attached hydrogen (secondary N) is 1. The number of hydrogen-bond acceptors (Lipinski definition) is 2. The van der Waals surface area contributed by atoms with Crippen LogP contribution < -0.4 is 5.32 Å². The number of rotatable bonds is 7. The predicted octanol–water partition coefficient (Wildman–Crippen LogP) is 4.95. The van der Waals surface area contributed by atoms with Crippen LogP contribution in [0.15, 0.2) is 53.0 Å². The third-order valence-electron chi connectivity index (χ3n) is 3.42. The highest BCUT2D eigenvalue weighted by Gasteiger charge is 2.10. The zero-order valence-electron chi connectivity index (χ0n) is 12.9. The van der Waals surface area contributed by atoms with E-state index in [0.29, 0.717) is 18.7 Å². The predicted molar refractivity (Wildman–Crippen MR) is 105 cm³/mol. The van der Waals surface area contributed by atoms with E-state index in [1.54, 1.807) is 0 Å². The molecule has 122 valence electrons. The van der Waals surface area contributed by atoms with E-state index in [1.165, 1.54) is 5.56 Å². The van der Waals surface area contributed by atoms with Crippen molar-refractivity contribution in [2.24, 2.45) is 0 Å². The smallest absolute Gasteiger partial charge is 0.252 e. The number of carbonyl (C=O) groups excluding carboxylic acids is 1. The first-order valence-electron chi connectivity index (χ1n) is 7.47. The molecule has 0 fully saturated rings. The molecule has 0 spiro atoms. The molecule has 0 saturated carbocycles. The van der Waals surface area contributed by atoms with Crippen molar-refractivity contribution in [1.82, 2.24) is 5.32 Å². The van der Waals surface area contributed by atoms with E-state index in [2.05, 4.69) is 56.0 Å². The number of benzene rings is 2. The number of ether oxygens (including phenoxy) is 1. The maximum Gasteiger partial charge on any atom is 0.252 e. The Bertz CT molecular complexity index is 649. The minimum atomic E-state index is -0.0493. The second-order valence-corrected chi connectivity index (χ2v) is 7.24. The lowest BCUT2D eigenvalue weighted by molar-refractivity contribution is 0.0635. The normalized spacial score (nSPS) is 12.0. The molecule has 23 heavy (non-hydrogen) atoms. The lowest BCUT2D eigenvalue weighted by atomic mass is 10.1. The van der Waals surface area contributed by atoms with Crippen molar-refractivity contribution in [3.8, 4) is 0 Å². The van der Waals surface area contributed by atoms with E-state index in [-0.39, 0.29) is 12.0 Å². The molecule has 0 bridgehead atoms. The van der Waals surface area contributed by atoms with Crippen molar-refractivity contribution in [3.05, 3.63) is 67.7 Å². The Labute approximate surface area is 159 Å². The number of carbonyl (C=O) groups is 1. The van der Waals surface area contributed by atoms with E-state index in [0.717, 1.165) is 14.5 Å². The van der Waals surface area contributed by atoms with Gasteiger partial charge in [0.25, 0.3) is 5.91 Å². The van der Waals surface area contributed by atoms with Gasteiger partial charge in [-0.1, -0.05) is 46.3 Å². The van der Waals surface area contributed by atoms with Gasteiger partial charge in [-0.15, -0.1) is 0 Å². The Morgan fingerprint density at radius 3 is 2.74 bits per heavy atom. The van der Waals surface area contributed by atoms with Crippen molar-refractivity contribution in [2.75, 3.05) is 13.2 Å². The van der Waals surface area contributed by atoms with Crippen LogP contribution in [0.5, 0.6) is 0 Å². The van der Waals surface area contributed by atoms with Gasteiger partial charge in [0.1, 0.15) is 0 Å². The highest BCUT2D eigenvalue weighted by molar-refractivity contribution is 14.1. The highest BCUT2D eigenvalue weighted by atomic mass is 127. The Kier molecular flexibility index (Phi) is 7.52. The molecular weight excluding hydrogens is 469 g/mol. The summed E-state index contributed by atoms with van der Waals surface area (Å²) in [6.45, 7) is 3.26. The van der Waals surface area contributed by atoms with Crippen LogP contribution in [0.25, 0.3) is 0 Å². The van der Waals surface area contributed by atoms with Gasteiger partial charge >= 0.3 is 0 Å². The SMILES string of the molecule is CC(OCCCNC(=O)c1cc(Br)ccc1I)c1ccccc1. The van der Waals surface area contributed by atoms with Gasteiger partial charge in [0.15, 0.2) is 0 Å². The Hall–Kier alpha value is -0.920. The second kappa shape index (κ2) is 9.39. The largest absolute Gasteiger partial charge is 0.374 e. The summed E-state index contributed by atoms with van der Waals surface area (Å²) in [6, 6.07) is 15.8. The molecule has 2 aromatic rings. The van der Waals surface area contributed by atoms with Crippen LogP contribution in [-0.4, -0.2) is 19.1 Å². The van der Waals surface area contributed by atoms with Crippen molar-refractivity contribution in [3.63, 3.8) is 0 Å². The second-order valence-electron chi connectivity index (χ2n) is 5.16. The topological polar surface area (TPSA) is 38.3 Å². The summed E-state index contributed by atoms with van der Waals surface area (Å²) in [7, 11) is 0. The first-order valence-corrected chi connectivity index (χ1v) is 9.35. The molecule has 0 aliphatic rings. The van der Waals surface area contributed by atoms with Crippen molar-refractivity contribution in [1.29, 1.82) is 0 Å². The van der Waals surface area contributed by atoms with Crippen molar-refractivity contribution in [2.45, 2.75) is 19.4 Å². The average Bonchev–Trinajstić information content (AvgIpc) is 2.57. The summed E-state index contributed by atoms with van der Waals surface area (Å²) in [5.41, 5.74) is 1.86. The fourth-order valence-corrected chi connectivity index (χ4v) is 3.06. The van der Waals surface area contributed by atoms with E-state index >= 15 is 0 Å². The molecule has 1 amide bonds. The van der Waals surface area contributed by atoms with Crippen LogP contribution in [0.2, 0.25) is 0 Å². The van der Waals surface area contributed by atoms with Crippen LogP contribution in [0, 0.1) is 3.57 Å². The molecule has 0 saturated heterocycles. The molecule has 1 atom stereocenters. The van der Waals surface area contributed by atoms with Gasteiger partial charge in [-0.05, 0) is 59.7 Å². The molecule has 0 aliphatic carbocycles. The first kappa shape index (κ1) is 18.4. The number of amides is 1. The van der Waals surface area contributed by atoms with E-state index in [9.17, 15) is 4.79 Å². The van der Waals surface area contributed by atoms with E-state index in [4.69, 9.17) is 4.74 Å². The summed E-state index contributed by atoms with van der Waals surface area (Å²) >= 11 is 5.56. The van der Waals surface area contributed by atoms with Crippen LogP contribution >= 0.6 is 38.5 Å². The number of halogens is 2. The molecule has 3 nitrogen and oxygen atoms in total. The van der Waals surface area contributed by atoms with E-state index in [1.807, 2.05) is 43.3 Å². The van der Waals surface area contributed by atoms with Gasteiger partial charge in [0.2, 0.25) is 0 Å². The van der Waals surface area contributed by atoms with Gasteiger partial charge in [0.05, 0.1) is 11.7 Å². The lowest BCUT2D eigenvalue weighted by Gasteiger charge is -2.13. The summed E-state index contributed by atoms with van der Waals surface area (Å²) in [4.78, 5) is 12.2. The molecule has 0 aromatic heterocycles. The van der Waals surface area contributed by atoms with Gasteiger partial charge in [-0.2, -0.15) is 0 Å². The quantitative estimate of drug-likeness (QED) is 0.443. The molecule has 1 unspecified atom stereocenters. The minimum absolute atomic E-state index is 0.0493. The molecule has 0 radical (unpaired) electrons. The molecule has 0 heterocycles. The third-order valence-corrected chi connectivity index (χ3v) is 4.85. The van der Waals surface area contributed by atoms with Crippen molar-refractivity contribution >= 4 is 44.4 Å². The van der Waals surface area contributed by atoms with Crippen molar-refractivity contribution < 1.29 is 9.53 Å². The fraction of sp³-hybridized carbons (Fsp3) is 0.278. The van der Waals surface area contributed by atoms with Gasteiger partial charge in [-0.3, -0.25) is 4.79 Å². The molecule has 2 rings (SSSR count). The van der Waals surface area contributed by atoms with Gasteiger partial charge in [0, 0.05) is 21.2 Å². The highest BCUT2D eigenvalue weighted by Crippen LogP contribution is 2.18. The standard InChI is InChI=1S/C18H19BrINO2/c1-13(14-6-3-2-4-7-14)23-11-5-10-21-18(22)16-12-15(19)8-9-17(16)20/h2-4,6-9,12-13H,5,10-11H2,1H3,(H,21,22). The molecular formula is C18H19BrINO2. The zero-order valence-corrected chi connectivity index (χ0v) is 16.6. The Morgan fingerprint density at radius 1 is 1.26 bits per heavy atom. The Morgan fingerprint density at radius 2 is 2.00 bits per heavy atom. The van der Waals surface area contributed by atoms with Gasteiger partial charge < -0.3 is 10.1 Å². The summed E-state index contributed by atoms with van der Waals surface area (Å²) in [5, 5.41) is 2.94.